The van der Waals surface area contributed by atoms with Crippen molar-refractivity contribution in [3.8, 4) is 6.07 Å². The summed E-state index contributed by atoms with van der Waals surface area (Å²) in [5.41, 5.74) is 1.31. The van der Waals surface area contributed by atoms with Gasteiger partial charge in [0.2, 0.25) is 11.8 Å². The lowest BCUT2D eigenvalue weighted by molar-refractivity contribution is -0.144. The summed E-state index contributed by atoms with van der Waals surface area (Å²) >= 11 is 0. The predicted octanol–water partition coefficient (Wildman–Crippen LogP) is 2.87. The number of benzene rings is 1. The first-order chi connectivity index (χ1) is 16.7. The van der Waals surface area contributed by atoms with Crippen molar-refractivity contribution in [1.82, 2.24) is 25.2 Å². The zero-order valence-electron chi connectivity index (χ0n) is 20.6. The smallest absolute Gasteiger partial charge is 0.248 e. The Kier molecular flexibility index (Phi) is 7.22. The molecule has 9 nitrogen and oxygen atoms in total. The fraction of sp³-hybridized carbons (Fsp3) is 0.577. The van der Waals surface area contributed by atoms with E-state index in [0.717, 1.165) is 24.1 Å². The van der Waals surface area contributed by atoms with Crippen molar-refractivity contribution in [2.75, 3.05) is 6.54 Å². The molecular formula is C26H34N6O3. The van der Waals surface area contributed by atoms with Crippen LogP contribution < -0.4 is 5.32 Å². The normalized spacial score (nSPS) is 21.9. The van der Waals surface area contributed by atoms with Crippen LogP contribution in [0.2, 0.25) is 0 Å². The van der Waals surface area contributed by atoms with Gasteiger partial charge in [0.1, 0.15) is 12.1 Å². The number of amides is 2. The van der Waals surface area contributed by atoms with Gasteiger partial charge in [-0.1, -0.05) is 56.3 Å². The van der Waals surface area contributed by atoms with Gasteiger partial charge in [-0.25, -0.2) is 4.68 Å². The predicted molar refractivity (Wildman–Crippen MR) is 129 cm³/mol. The topological polar surface area (TPSA) is 124 Å². The molecule has 0 radical (unpaired) electrons. The average Bonchev–Trinajstić information content (AvgIpc) is 3.43. The SMILES string of the molecule is CC(C)(C)[C@@H](C(=O)N1CC(O)CC1C(=O)NC(CCC#N)c1ccccc1)n1cc(C2CC2)nn1. The number of aliphatic hydroxyl groups is 1. The lowest BCUT2D eigenvalue weighted by Gasteiger charge is -2.35. The molecule has 4 atom stereocenters. The van der Waals surface area contributed by atoms with Gasteiger partial charge in [-0.05, 0) is 30.2 Å². The highest BCUT2D eigenvalue weighted by Crippen LogP contribution is 2.40. The molecule has 1 aliphatic heterocycles. The van der Waals surface area contributed by atoms with Crippen molar-refractivity contribution in [2.45, 2.75) is 83.0 Å². The number of nitriles is 1. The van der Waals surface area contributed by atoms with E-state index in [1.165, 1.54) is 4.90 Å². The number of nitrogens with one attached hydrogen (secondary N) is 1. The quantitative estimate of drug-likeness (QED) is 0.601. The second-order valence-corrected chi connectivity index (χ2v) is 10.7. The van der Waals surface area contributed by atoms with Crippen molar-refractivity contribution in [2.24, 2.45) is 5.41 Å². The largest absolute Gasteiger partial charge is 0.391 e. The van der Waals surface area contributed by atoms with Gasteiger partial charge in [-0.15, -0.1) is 5.10 Å². The molecule has 3 unspecified atom stereocenters. The van der Waals surface area contributed by atoms with Crippen molar-refractivity contribution < 1.29 is 14.7 Å². The maximum absolute atomic E-state index is 13.9. The van der Waals surface area contributed by atoms with Crippen LogP contribution >= 0.6 is 0 Å². The molecule has 1 aliphatic carbocycles. The minimum Gasteiger partial charge on any atom is -0.391 e. The van der Waals surface area contributed by atoms with E-state index in [1.807, 2.05) is 57.3 Å². The Morgan fingerprint density at radius 1 is 1.26 bits per heavy atom. The summed E-state index contributed by atoms with van der Waals surface area (Å²) in [6, 6.07) is 9.81. The number of β-amino-alcohol motifs (C(OH)–C–C–N with tert-alkyl or cyclic N) is 1. The zero-order chi connectivity index (χ0) is 25.2. The summed E-state index contributed by atoms with van der Waals surface area (Å²) in [5, 5.41) is 31.1. The molecule has 2 N–H and O–H groups in total. The van der Waals surface area contributed by atoms with Crippen LogP contribution in [0.4, 0.5) is 0 Å². The molecule has 9 heteroatoms. The molecule has 1 saturated carbocycles. The molecule has 2 fully saturated rings. The summed E-state index contributed by atoms with van der Waals surface area (Å²) < 4.78 is 1.62. The van der Waals surface area contributed by atoms with Crippen LogP contribution in [0.15, 0.2) is 36.5 Å². The van der Waals surface area contributed by atoms with Crippen molar-refractivity contribution >= 4 is 11.8 Å². The van der Waals surface area contributed by atoms with Crippen molar-refractivity contribution in [3.63, 3.8) is 0 Å². The minimum absolute atomic E-state index is 0.0852. The molecule has 35 heavy (non-hydrogen) atoms. The first-order valence-electron chi connectivity index (χ1n) is 12.3. The molecular weight excluding hydrogens is 444 g/mol. The van der Waals surface area contributed by atoms with E-state index in [1.54, 1.807) is 4.68 Å². The summed E-state index contributed by atoms with van der Waals surface area (Å²) in [6.45, 7) is 5.97. The van der Waals surface area contributed by atoms with Crippen LogP contribution in [0, 0.1) is 16.7 Å². The zero-order valence-corrected chi connectivity index (χ0v) is 20.6. The molecule has 0 bridgehead atoms. The van der Waals surface area contributed by atoms with Crippen LogP contribution in [0.1, 0.15) is 82.1 Å². The number of hydrogen-bond donors (Lipinski definition) is 2. The summed E-state index contributed by atoms with van der Waals surface area (Å²) in [7, 11) is 0. The number of nitrogens with zero attached hydrogens (tertiary/aromatic N) is 5. The molecule has 1 aromatic carbocycles. The number of carbonyl (C=O) groups excluding carboxylic acids is 2. The second-order valence-electron chi connectivity index (χ2n) is 10.7. The Morgan fingerprint density at radius 2 is 1.97 bits per heavy atom. The molecule has 2 aromatic rings. The Bertz CT molecular complexity index is 1080. The minimum atomic E-state index is -0.804. The molecule has 1 saturated heterocycles. The van der Waals surface area contributed by atoms with Crippen molar-refractivity contribution in [1.29, 1.82) is 5.26 Å². The number of rotatable bonds is 8. The second kappa shape index (κ2) is 10.2. The lowest BCUT2D eigenvalue weighted by Crippen LogP contribution is -2.50. The Labute approximate surface area is 206 Å². The molecule has 2 aliphatic rings. The number of aromatic nitrogens is 3. The number of carbonyl (C=O) groups is 2. The average molecular weight is 479 g/mol. The van der Waals surface area contributed by atoms with E-state index in [-0.39, 0.29) is 37.2 Å². The van der Waals surface area contributed by atoms with E-state index >= 15 is 0 Å². The highest BCUT2D eigenvalue weighted by Gasteiger charge is 2.45. The Morgan fingerprint density at radius 3 is 2.60 bits per heavy atom. The third-order valence-corrected chi connectivity index (χ3v) is 6.77. The van der Waals surface area contributed by atoms with Gasteiger partial charge >= 0.3 is 0 Å². The summed E-state index contributed by atoms with van der Waals surface area (Å²) in [4.78, 5) is 28.8. The maximum Gasteiger partial charge on any atom is 0.248 e. The number of hydrogen-bond acceptors (Lipinski definition) is 6. The van der Waals surface area contributed by atoms with E-state index in [4.69, 9.17) is 5.26 Å². The van der Waals surface area contributed by atoms with Crippen LogP contribution in [0.3, 0.4) is 0 Å². The Hall–Kier alpha value is -3.25. The Balaban J connectivity index is 1.56. The summed E-state index contributed by atoms with van der Waals surface area (Å²) in [6.07, 6.45) is 4.14. The van der Waals surface area contributed by atoms with Gasteiger partial charge in [-0.2, -0.15) is 5.26 Å². The maximum atomic E-state index is 13.9. The van der Waals surface area contributed by atoms with Gasteiger partial charge in [0.15, 0.2) is 0 Å². The first kappa shape index (κ1) is 24.9. The molecule has 2 amide bonds. The van der Waals surface area contributed by atoms with Crippen LogP contribution in [0.5, 0.6) is 0 Å². The monoisotopic (exact) mass is 478 g/mol. The van der Waals surface area contributed by atoms with E-state index in [0.29, 0.717) is 12.3 Å². The van der Waals surface area contributed by atoms with Gasteiger partial charge in [0.05, 0.1) is 23.9 Å². The van der Waals surface area contributed by atoms with Gasteiger partial charge in [-0.3, -0.25) is 9.59 Å². The van der Waals surface area contributed by atoms with Crippen LogP contribution in [0.25, 0.3) is 0 Å². The standard InChI is InChI=1S/C26H34N6O3/c1-26(2,3)23(32-16-21(29-30-32)18-11-12-18)25(35)31-15-19(33)14-22(31)24(34)28-20(10-7-13-27)17-8-5-4-6-9-17/h4-6,8-9,16,18-20,22-23,33H,7,10-12,14-15H2,1-3H3,(H,28,34)/t19?,20?,22?,23-/m1/s1. The number of aliphatic hydroxyl groups excluding tert-OH is 1. The van der Waals surface area contributed by atoms with Gasteiger partial charge in [0, 0.05) is 31.5 Å². The molecule has 0 spiro atoms. The van der Waals surface area contributed by atoms with E-state index < -0.39 is 23.6 Å². The molecule has 186 valence electrons. The molecule has 1 aromatic heterocycles. The van der Waals surface area contributed by atoms with Gasteiger partial charge in [0.25, 0.3) is 0 Å². The van der Waals surface area contributed by atoms with E-state index in [2.05, 4.69) is 21.7 Å². The van der Waals surface area contributed by atoms with Crippen molar-refractivity contribution in [3.05, 3.63) is 47.8 Å². The molecule has 4 rings (SSSR count). The molecule has 2 heterocycles. The third-order valence-electron chi connectivity index (χ3n) is 6.77. The summed E-state index contributed by atoms with van der Waals surface area (Å²) in [5.74, 6) is -0.170. The fourth-order valence-corrected chi connectivity index (χ4v) is 4.81. The number of likely N-dealkylation sites (tertiary alicyclic amines) is 1. The van der Waals surface area contributed by atoms with E-state index in [9.17, 15) is 14.7 Å². The van der Waals surface area contributed by atoms with Crippen LogP contribution in [-0.2, 0) is 9.59 Å². The van der Waals surface area contributed by atoms with Crippen LogP contribution in [-0.4, -0.2) is 55.5 Å². The van der Waals surface area contributed by atoms with Gasteiger partial charge < -0.3 is 15.3 Å². The highest BCUT2D eigenvalue weighted by molar-refractivity contribution is 5.90. The third kappa shape index (κ3) is 5.70. The highest BCUT2D eigenvalue weighted by atomic mass is 16.3. The lowest BCUT2D eigenvalue weighted by atomic mass is 9.85. The fourth-order valence-electron chi connectivity index (χ4n) is 4.81. The first-order valence-corrected chi connectivity index (χ1v) is 12.3.